The summed E-state index contributed by atoms with van der Waals surface area (Å²) in [4.78, 5) is 85.2. The predicted octanol–water partition coefficient (Wildman–Crippen LogP) is 4.60. The first-order chi connectivity index (χ1) is 23.1. The molecule has 4 N–H and O–H groups in total. The molecule has 7 rings (SSSR count). The highest BCUT2D eigenvalue weighted by molar-refractivity contribution is 6.36. The highest BCUT2D eigenvalue weighted by Gasteiger charge is 2.41. The highest BCUT2D eigenvalue weighted by Crippen LogP contribution is 2.33. The number of nitrogens with one attached hydrogen (secondary N) is 2. The number of hydrogen-bond donors (Lipinski definition) is 4. The summed E-state index contributed by atoms with van der Waals surface area (Å²) in [6, 6.07) is 24.0. The molecule has 0 saturated carbocycles. The van der Waals surface area contributed by atoms with Crippen LogP contribution in [0.15, 0.2) is 103 Å². The molecule has 4 aromatic carbocycles. The van der Waals surface area contributed by atoms with E-state index >= 15 is 0 Å². The van der Waals surface area contributed by atoms with Crippen molar-refractivity contribution in [3.63, 3.8) is 0 Å². The van der Waals surface area contributed by atoms with Gasteiger partial charge in [-0.05, 0) is 72.8 Å². The van der Waals surface area contributed by atoms with Gasteiger partial charge in [-0.1, -0.05) is 18.2 Å². The highest BCUT2D eigenvalue weighted by atomic mass is 16.3. The number of carbonyl (C=O) groups is 6. The largest absolute Gasteiger partial charge is 0.508 e. The number of nitrogens with zero attached hydrogens (tertiary/aromatic N) is 3. The molecular weight excluding hydrogens is 618 g/mol. The molecule has 1 aromatic heterocycles. The Balaban J connectivity index is 1.12. The predicted molar refractivity (Wildman–Crippen MR) is 172 cm³/mol. The molecular formula is C35H21N5O8. The van der Waals surface area contributed by atoms with Crippen molar-refractivity contribution in [2.75, 3.05) is 20.4 Å². The number of anilines is 4. The Labute approximate surface area is 270 Å². The summed E-state index contributed by atoms with van der Waals surface area (Å²) < 4.78 is 0. The molecule has 0 unspecified atom stereocenters. The van der Waals surface area contributed by atoms with Crippen LogP contribution in [-0.4, -0.2) is 50.6 Å². The molecule has 0 radical (unpaired) electrons. The average Bonchev–Trinajstić information content (AvgIpc) is 3.47. The summed E-state index contributed by atoms with van der Waals surface area (Å²) in [7, 11) is 0. The van der Waals surface area contributed by atoms with Crippen molar-refractivity contribution in [3.8, 4) is 11.5 Å². The first-order valence-electron chi connectivity index (χ1n) is 14.3. The van der Waals surface area contributed by atoms with Gasteiger partial charge in [0.05, 0.1) is 22.3 Å². The van der Waals surface area contributed by atoms with Crippen molar-refractivity contribution in [2.45, 2.75) is 0 Å². The number of phenolic OH excluding ortho intramolecular Hbond substituents is 2. The lowest BCUT2D eigenvalue weighted by molar-refractivity contribution is 0.0912. The monoisotopic (exact) mass is 639 g/mol. The van der Waals surface area contributed by atoms with Crippen LogP contribution >= 0.6 is 0 Å². The first kappa shape index (κ1) is 29.6. The molecule has 2 aliphatic heterocycles. The van der Waals surface area contributed by atoms with Crippen LogP contribution in [0.3, 0.4) is 0 Å². The number of imide groups is 2. The third-order valence-electron chi connectivity index (χ3n) is 7.68. The Bertz CT molecular complexity index is 2110. The SMILES string of the molecule is O=C(Nc1cccc(O)c1)c1ccc2c(c1)C(=O)N(c1cccc(N3C(=O)c4ccc(C(=O)Nc5cccc(O)c5)cc4C3=O)n1)C2=O. The maximum Gasteiger partial charge on any atom is 0.267 e. The Morgan fingerprint density at radius 3 is 1.31 bits per heavy atom. The van der Waals surface area contributed by atoms with Crippen molar-refractivity contribution in [2.24, 2.45) is 0 Å². The van der Waals surface area contributed by atoms with Gasteiger partial charge >= 0.3 is 0 Å². The topological polar surface area (TPSA) is 186 Å². The van der Waals surface area contributed by atoms with Gasteiger partial charge in [-0.2, -0.15) is 0 Å². The summed E-state index contributed by atoms with van der Waals surface area (Å²) in [6.07, 6.45) is 0. The Morgan fingerprint density at radius 1 is 0.500 bits per heavy atom. The van der Waals surface area contributed by atoms with Crippen molar-refractivity contribution in [3.05, 3.63) is 137 Å². The van der Waals surface area contributed by atoms with E-state index in [0.717, 1.165) is 9.80 Å². The molecule has 13 nitrogen and oxygen atoms in total. The van der Waals surface area contributed by atoms with Crippen LogP contribution in [0, 0.1) is 0 Å². The Morgan fingerprint density at radius 2 is 0.896 bits per heavy atom. The number of amides is 6. The van der Waals surface area contributed by atoms with Crippen LogP contribution in [0.2, 0.25) is 0 Å². The standard InChI is InChI=1S/C35H21N5O8/c41-22-6-1-4-20(16-22)36-30(43)18-10-12-24-26(14-18)34(47)39(32(24)45)28-8-3-9-29(38-28)40-33(46)25-13-11-19(15-27(25)35(40)48)31(44)37-21-5-2-7-23(42)17-21/h1-17,41-42H,(H,36,43)(H,37,44). The molecule has 48 heavy (non-hydrogen) atoms. The van der Waals surface area contributed by atoms with E-state index in [0.29, 0.717) is 11.4 Å². The van der Waals surface area contributed by atoms with Crippen molar-refractivity contribution in [1.29, 1.82) is 0 Å². The quantitative estimate of drug-likeness (QED) is 0.193. The van der Waals surface area contributed by atoms with Gasteiger partial charge in [0.2, 0.25) is 0 Å². The molecule has 0 saturated heterocycles. The fourth-order valence-corrected chi connectivity index (χ4v) is 5.42. The number of aromatic hydroxyl groups is 2. The van der Waals surface area contributed by atoms with Gasteiger partial charge in [-0.15, -0.1) is 0 Å². The summed E-state index contributed by atoms with van der Waals surface area (Å²) in [5.41, 5.74) is 0.779. The van der Waals surface area contributed by atoms with E-state index in [2.05, 4.69) is 15.6 Å². The van der Waals surface area contributed by atoms with E-state index in [9.17, 15) is 39.0 Å². The molecule has 0 spiro atoms. The molecule has 5 aromatic rings. The third kappa shape index (κ3) is 5.06. The van der Waals surface area contributed by atoms with E-state index in [1.165, 1.54) is 78.9 Å². The molecule has 3 heterocycles. The van der Waals surface area contributed by atoms with Gasteiger partial charge < -0.3 is 20.8 Å². The average molecular weight is 640 g/mol. The number of phenols is 2. The second-order valence-electron chi connectivity index (χ2n) is 10.8. The molecule has 2 aliphatic rings. The van der Waals surface area contributed by atoms with E-state index in [1.54, 1.807) is 24.3 Å². The van der Waals surface area contributed by atoms with Crippen molar-refractivity contribution >= 4 is 58.5 Å². The molecule has 0 bridgehead atoms. The molecule has 13 heteroatoms. The smallest absolute Gasteiger partial charge is 0.267 e. The van der Waals surface area contributed by atoms with Gasteiger partial charge in [0.25, 0.3) is 35.4 Å². The van der Waals surface area contributed by atoms with Crippen molar-refractivity contribution < 1.29 is 39.0 Å². The maximum absolute atomic E-state index is 13.5. The van der Waals surface area contributed by atoms with Gasteiger partial charge in [-0.3, -0.25) is 28.8 Å². The second-order valence-corrected chi connectivity index (χ2v) is 10.8. The number of hydrogen-bond acceptors (Lipinski definition) is 9. The van der Waals surface area contributed by atoms with E-state index < -0.39 is 35.4 Å². The lowest BCUT2D eigenvalue weighted by atomic mass is 10.1. The minimum absolute atomic E-state index is 0.0263. The van der Waals surface area contributed by atoms with Crippen LogP contribution in [0.1, 0.15) is 62.1 Å². The van der Waals surface area contributed by atoms with Crippen LogP contribution in [-0.2, 0) is 0 Å². The van der Waals surface area contributed by atoms with Gasteiger partial charge in [-0.25, -0.2) is 14.8 Å². The van der Waals surface area contributed by atoms with Gasteiger partial charge in [0, 0.05) is 34.6 Å². The first-order valence-corrected chi connectivity index (χ1v) is 14.3. The zero-order valence-corrected chi connectivity index (χ0v) is 24.5. The fourth-order valence-electron chi connectivity index (χ4n) is 5.42. The maximum atomic E-state index is 13.5. The Hall–Kier alpha value is -7.15. The van der Waals surface area contributed by atoms with E-state index in [-0.39, 0.29) is 56.5 Å². The number of fused-ring (bicyclic) bond motifs is 2. The molecule has 6 amide bonds. The van der Waals surface area contributed by atoms with Gasteiger partial charge in [0.15, 0.2) is 0 Å². The molecule has 234 valence electrons. The Kier molecular flexibility index (Phi) is 6.98. The normalized spacial score (nSPS) is 13.4. The fraction of sp³-hybridized carbons (Fsp3) is 0. The summed E-state index contributed by atoms with van der Waals surface area (Å²) in [5.74, 6) is -4.54. The lowest BCUT2D eigenvalue weighted by Gasteiger charge is -2.17. The van der Waals surface area contributed by atoms with Crippen LogP contribution in [0.25, 0.3) is 0 Å². The molecule has 0 aliphatic carbocycles. The minimum Gasteiger partial charge on any atom is -0.508 e. The zero-order valence-electron chi connectivity index (χ0n) is 24.5. The summed E-state index contributed by atoms with van der Waals surface area (Å²) in [5, 5.41) is 24.6. The number of aromatic nitrogens is 1. The van der Waals surface area contributed by atoms with Crippen LogP contribution < -0.4 is 20.4 Å². The molecule has 0 fully saturated rings. The lowest BCUT2D eigenvalue weighted by Crippen LogP contribution is -2.33. The summed E-state index contributed by atoms with van der Waals surface area (Å²) in [6.45, 7) is 0. The van der Waals surface area contributed by atoms with Crippen LogP contribution in [0.4, 0.5) is 23.0 Å². The number of benzene rings is 4. The zero-order chi connectivity index (χ0) is 33.7. The van der Waals surface area contributed by atoms with E-state index in [1.807, 2.05) is 0 Å². The van der Waals surface area contributed by atoms with E-state index in [4.69, 9.17) is 0 Å². The second kappa shape index (κ2) is 11.3. The molecule has 0 atom stereocenters. The van der Waals surface area contributed by atoms with Gasteiger partial charge in [0.1, 0.15) is 23.1 Å². The number of pyridine rings is 1. The minimum atomic E-state index is -0.767. The third-order valence-corrected chi connectivity index (χ3v) is 7.68. The van der Waals surface area contributed by atoms with Crippen LogP contribution in [0.5, 0.6) is 11.5 Å². The summed E-state index contributed by atoms with van der Waals surface area (Å²) >= 11 is 0. The van der Waals surface area contributed by atoms with Crippen molar-refractivity contribution in [1.82, 2.24) is 4.98 Å². The number of rotatable bonds is 6. The number of carbonyl (C=O) groups excluding carboxylic acids is 6.